The third-order valence-electron chi connectivity index (χ3n) is 4.74. The number of nitrogens with two attached hydrogens (primary N) is 1. The van der Waals surface area contributed by atoms with E-state index in [1.165, 1.54) is 18.4 Å². The lowest BCUT2D eigenvalue weighted by molar-refractivity contribution is -0.122. The van der Waals surface area contributed by atoms with Crippen LogP contribution < -0.4 is 15.8 Å². The number of nitrogens with zero attached hydrogens (tertiary/aromatic N) is 1. The first kappa shape index (κ1) is 16.3. The Labute approximate surface area is 138 Å². The van der Waals surface area contributed by atoms with E-state index in [9.17, 15) is 4.79 Å². The summed E-state index contributed by atoms with van der Waals surface area (Å²) in [6, 6.07) is 9.16. The van der Waals surface area contributed by atoms with Gasteiger partial charge >= 0.3 is 0 Å². The molecule has 0 aromatic heterocycles. The van der Waals surface area contributed by atoms with Crippen LogP contribution in [0.2, 0.25) is 0 Å². The minimum Gasteiger partial charge on any atom is -0.497 e. The van der Waals surface area contributed by atoms with Crippen LogP contribution in [0.1, 0.15) is 44.2 Å². The Hall–Kier alpha value is -1.59. The first-order chi connectivity index (χ1) is 11.1. The third-order valence-corrected chi connectivity index (χ3v) is 4.74. The molecule has 1 aliphatic heterocycles. The van der Waals surface area contributed by atoms with Crippen molar-refractivity contribution in [3.8, 4) is 5.75 Å². The predicted molar refractivity (Wildman–Crippen MR) is 90.3 cm³/mol. The number of likely N-dealkylation sites (tertiary alicyclic amines) is 1. The van der Waals surface area contributed by atoms with E-state index >= 15 is 0 Å². The lowest BCUT2D eigenvalue weighted by Gasteiger charge is -2.29. The van der Waals surface area contributed by atoms with Crippen molar-refractivity contribution < 1.29 is 9.53 Å². The highest BCUT2D eigenvalue weighted by molar-refractivity contribution is 5.77. The van der Waals surface area contributed by atoms with Gasteiger partial charge in [0, 0.05) is 31.1 Å². The molecule has 23 heavy (non-hydrogen) atoms. The fourth-order valence-electron chi connectivity index (χ4n) is 3.59. The number of hydrogen-bond donors (Lipinski definition) is 2. The molecule has 0 radical (unpaired) electrons. The summed E-state index contributed by atoms with van der Waals surface area (Å²) in [5, 5.41) is 3.21. The van der Waals surface area contributed by atoms with Gasteiger partial charge in [0.2, 0.25) is 5.91 Å². The standard InChI is InChI=1S/C18H27N3O2/c1-12(19)10-17(22)20-16-8-9-21(14-6-7-14)18(16)13-4-3-5-15(11-13)23-2/h3-5,11-12,14,16,18H,6-10,19H2,1-2H3,(H,20,22). The zero-order valence-corrected chi connectivity index (χ0v) is 14.0. The zero-order valence-electron chi connectivity index (χ0n) is 14.0. The van der Waals surface area contributed by atoms with Crippen molar-refractivity contribution in [2.24, 2.45) is 5.73 Å². The lowest BCUT2D eigenvalue weighted by atomic mass is 9.99. The summed E-state index contributed by atoms with van der Waals surface area (Å²) in [5.41, 5.74) is 6.97. The SMILES string of the molecule is COc1cccc(C2C(NC(=O)CC(C)N)CCN2C2CC2)c1. The van der Waals surface area contributed by atoms with Crippen LogP contribution in [-0.2, 0) is 4.79 Å². The lowest BCUT2D eigenvalue weighted by Crippen LogP contribution is -2.41. The van der Waals surface area contributed by atoms with Crippen LogP contribution in [0.5, 0.6) is 5.75 Å². The summed E-state index contributed by atoms with van der Waals surface area (Å²) in [4.78, 5) is 14.7. The Morgan fingerprint density at radius 2 is 2.22 bits per heavy atom. The summed E-state index contributed by atoms with van der Waals surface area (Å²) in [5.74, 6) is 0.918. The molecule has 0 spiro atoms. The fourth-order valence-corrected chi connectivity index (χ4v) is 3.59. The highest BCUT2D eigenvalue weighted by Crippen LogP contribution is 2.41. The van der Waals surface area contributed by atoms with Gasteiger partial charge in [-0.15, -0.1) is 0 Å². The third kappa shape index (κ3) is 3.85. The van der Waals surface area contributed by atoms with Gasteiger partial charge in [-0.1, -0.05) is 12.1 Å². The number of hydrogen-bond acceptors (Lipinski definition) is 4. The minimum atomic E-state index is -0.105. The average molecular weight is 317 g/mol. The summed E-state index contributed by atoms with van der Waals surface area (Å²) in [6.45, 7) is 2.90. The highest BCUT2D eigenvalue weighted by atomic mass is 16.5. The molecule has 126 valence electrons. The van der Waals surface area contributed by atoms with Crippen molar-refractivity contribution in [1.29, 1.82) is 0 Å². The maximum Gasteiger partial charge on any atom is 0.221 e. The van der Waals surface area contributed by atoms with E-state index in [4.69, 9.17) is 10.5 Å². The van der Waals surface area contributed by atoms with E-state index in [0.29, 0.717) is 12.5 Å². The second-order valence-corrected chi connectivity index (χ2v) is 6.83. The molecule has 2 fully saturated rings. The number of methoxy groups -OCH3 is 1. The van der Waals surface area contributed by atoms with Crippen molar-refractivity contribution in [2.75, 3.05) is 13.7 Å². The first-order valence-electron chi connectivity index (χ1n) is 8.53. The van der Waals surface area contributed by atoms with Crippen LogP contribution in [0.25, 0.3) is 0 Å². The molecule has 5 heteroatoms. The predicted octanol–water partition coefficient (Wildman–Crippen LogP) is 1.83. The molecular formula is C18H27N3O2. The van der Waals surface area contributed by atoms with Gasteiger partial charge in [-0.2, -0.15) is 0 Å². The number of carbonyl (C=O) groups excluding carboxylic acids is 1. The number of nitrogens with one attached hydrogen (secondary N) is 1. The topological polar surface area (TPSA) is 67.6 Å². The second kappa shape index (κ2) is 6.89. The van der Waals surface area contributed by atoms with E-state index in [0.717, 1.165) is 18.7 Å². The van der Waals surface area contributed by atoms with Crippen LogP contribution >= 0.6 is 0 Å². The normalized spacial score (nSPS) is 26.0. The first-order valence-corrected chi connectivity index (χ1v) is 8.53. The van der Waals surface area contributed by atoms with Gasteiger partial charge in [0.15, 0.2) is 0 Å². The largest absolute Gasteiger partial charge is 0.497 e. The smallest absolute Gasteiger partial charge is 0.221 e. The molecule has 1 saturated carbocycles. The molecule has 2 aliphatic rings. The van der Waals surface area contributed by atoms with Crippen molar-refractivity contribution in [1.82, 2.24) is 10.2 Å². The van der Waals surface area contributed by atoms with Gasteiger partial charge in [-0.25, -0.2) is 0 Å². The quantitative estimate of drug-likeness (QED) is 0.840. The van der Waals surface area contributed by atoms with E-state index in [2.05, 4.69) is 22.3 Å². The number of carbonyl (C=O) groups is 1. The van der Waals surface area contributed by atoms with E-state index in [-0.39, 0.29) is 24.0 Å². The Morgan fingerprint density at radius 1 is 1.43 bits per heavy atom. The summed E-state index contributed by atoms with van der Waals surface area (Å²) in [6.07, 6.45) is 3.90. The summed E-state index contributed by atoms with van der Waals surface area (Å²) in [7, 11) is 1.69. The second-order valence-electron chi connectivity index (χ2n) is 6.83. The minimum absolute atomic E-state index is 0.0514. The van der Waals surface area contributed by atoms with Crippen LogP contribution in [-0.4, -0.2) is 42.6 Å². The van der Waals surface area contributed by atoms with Gasteiger partial charge in [0.25, 0.3) is 0 Å². The molecule has 0 bridgehead atoms. The molecule has 1 amide bonds. The van der Waals surface area contributed by atoms with Crippen molar-refractivity contribution in [3.63, 3.8) is 0 Å². The number of amides is 1. The van der Waals surface area contributed by atoms with Crippen LogP contribution in [0.3, 0.4) is 0 Å². The Balaban J connectivity index is 1.79. The van der Waals surface area contributed by atoms with Crippen molar-refractivity contribution in [3.05, 3.63) is 29.8 Å². The monoisotopic (exact) mass is 317 g/mol. The molecule has 1 aliphatic carbocycles. The molecule has 1 saturated heterocycles. The van der Waals surface area contributed by atoms with Gasteiger partial charge in [0.1, 0.15) is 5.75 Å². The molecule has 1 aromatic rings. The van der Waals surface area contributed by atoms with Gasteiger partial charge in [-0.3, -0.25) is 9.69 Å². The van der Waals surface area contributed by atoms with E-state index in [1.807, 2.05) is 19.1 Å². The molecule has 1 heterocycles. The molecule has 5 nitrogen and oxygen atoms in total. The van der Waals surface area contributed by atoms with Crippen molar-refractivity contribution in [2.45, 2.75) is 56.8 Å². The van der Waals surface area contributed by atoms with Crippen molar-refractivity contribution >= 4 is 5.91 Å². The Kier molecular flexibility index (Phi) is 4.87. The van der Waals surface area contributed by atoms with E-state index < -0.39 is 0 Å². The average Bonchev–Trinajstić information content (AvgIpc) is 3.28. The van der Waals surface area contributed by atoms with Gasteiger partial charge in [-0.05, 0) is 43.9 Å². The Bertz CT molecular complexity index is 557. The molecule has 3 unspecified atom stereocenters. The summed E-state index contributed by atoms with van der Waals surface area (Å²) >= 11 is 0. The Morgan fingerprint density at radius 3 is 2.87 bits per heavy atom. The zero-order chi connectivity index (χ0) is 16.4. The van der Waals surface area contributed by atoms with Crippen LogP contribution in [0, 0.1) is 0 Å². The fraction of sp³-hybridized carbons (Fsp3) is 0.611. The molecule has 3 atom stereocenters. The van der Waals surface area contributed by atoms with Crippen LogP contribution in [0.15, 0.2) is 24.3 Å². The molecular weight excluding hydrogens is 290 g/mol. The highest BCUT2D eigenvalue weighted by Gasteiger charge is 2.43. The maximum absolute atomic E-state index is 12.2. The number of ether oxygens (including phenoxy) is 1. The van der Waals surface area contributed by atoms with E-state index in [1.54, 1.807) is 7.11 Å². The maximum atomic E-state index is 12.2. The number of rotatable bonds is 6. The molecule has 3 N–H and O–H groups in total. The van der Waals surface area contributed by atoms with Crippen LogP contribution in [0.4, 0.5) is 0 Å². The number of benzene rings is 1. The van der Waals surface area contributed by atoms with Gasteiger partial charge < -0.3 is 15.8 Å². The van der Waals surface area contributed by atoms with Gasteiger partial charge in [0.05, 0.1) is 13.2 Å². The molecule has 1 aromatic carbocycles. The molecule has 3 rings (SSSR count). The summed E-state index contributed by atoms with van der Waals surface area (Å²) < 4.78 is 5.37.